The Kier molecular flexibility index (Phi) is 5.04. The number of hydrogen-bond donors (Lipinski definition) is 2. The van der Waals surface area contributed by atoms with Crippen molar-refractivity contribution in [3.05, 3.63) is 83.3 Å². The Bertz CT molecular complexity index is 858. The second-order valence-corrected chi connectivity index (χ2v) is 5.89. The molecule has 1 amide bonds. The third-order valence-electron chi connectivity index (χ3n) is 3.91. The summed E-state index contributed by atoms with van der Waals surface area (Å²) < 4.78 is 0. The minimum atomic E-state index is -0.238. The van der Waals surface area contributed by atoms with E-state index >= 15 is 0 Å². The molecule has 0 atom stereocenters. The number of carbonyl (C=O) groups excluding carboxylic acids is 1. The highest BCUT2D eigenvalue weighted by Gasteiger charge is 2.08. The summed E-state index contributed by atoms with van der Waals surface area (Å²) in [4.78, 5) is 20.6. The van der Waals surface area contributed by atoms with Crippen LogP contribution in [0.2, 0.25) is 0 Å². The lowest BCUT2D eigenvalue weighted by Gasteiger charge is -2.08. The molecule has 0 aliphatic heterocycles. The maximum Gasteiger partial charge on any atom is 0.271 e. The summed E-state index contributed by atoms with van der Waals surface area (Å²) in [5.41, 5.74) is 4.64. The molecule has 5 heteroatoms. The van der Waals surface area contributed by atoms with E-state index in [1.54, 1.807) is 6.20 Å². The number of nitrogens with zero attached hydrogens (tertiary/aromatic N) is 2. The summed E-state index contributed by atoms with van der Waals surface area (Å²) in [6, 6.07) is 15.9. The number of aromatic nitrogens is 2. The van der Waals surface area contributed by atoms with Crippen molar-refractivity contribution in [3.63, 3.8) is 0 Å². The van der Waals surface area contributed by atoms with E-state index < -0.39 is 0 Å². The number of aryl methyl sites for hydroxylation is 2. The lowest BCUT2D eigenvalue weighted by atomic mass is 10.1. The predicted octanol–water partition coefficient (Wildman–Crippen LogP) is 3.77. The van der Waals surface area contributed by atoms with Crippen LogP contribution in [0.25, 0.3) is 0 Å². The molecule has 0 unspecified atom stereocenters. The summed E-state index contributed by atoms with van der Waals surface area (Å²) in [5, 5.41) is 6.03. The van der Waals surface area contributed by atoms with Gasteiger partial charge in [-0.15, -0.1) is 0 Å². The molecule has 5 nitrogen and oxygen atoms in total. The number of anilines is 2. The van der Waals surface area contributed by atoms with Crippen LogP contribution in [0.3, 0.4) is 0 Å². The second-order valence-electron chi connectivity index (χ2n) is 5.89. The van der Waals surface area contributed by atoms with Crippen molar-refractivity contribution in [2.24, 2.45) is 0 Å². The first kappa shape index (κ1) is 16.6. The molecular weight excluding hydrogens is 312 g/mol. The molecule has 0 saturated carbocycles. The molecule has 2 N–H and O–H groups in total. The van der Waals surface area contributed by atoms with Gasteiger partial charge in [0.05, 0.1) is 12.4 Å². The van der Waals surface area contributed by atoms with Crippen molar-refractivity contribution in [2.75, 3.05) is 5.32 Å². The number of amides is 1. The smallest absolute Gasteiger partial charge is 0.271 e. The first-order valence-corrected chi connectivity index (χ1v) is 8.10. The monoisotopic (exact) mass is 332 g/mol. The van der Waals surface area contributed by atoms with Gasteiger partial charge >= 0.3 is 0 Å². The molecule has 0 aliphatic carbocycles. The summed E-state index contributed by atoms with van der Waals surface area (Å²) in [6.45, 7) is 4.53. The molecule has 0 aliphatic rings. The number of carbonyl (C=O) groups is 1. The van der Waals surface area contributed by atoms with Gasteiger partial charge in [0, 0.05) is 12.2 Å². The Balaban J connectivity index is 1.60. The number of rotatable bonds is 5. The molecule has 0 spiro atoms. The van der Waals surface area contributed by atoms with Gasteiger partial charge in [-0.3, -0.25) is 4.79 Å². The fraction of sp³-hybridized carbons (Fsp3) is 0.150. The van der Waals surface area contributed by atoms with Gasteiger partial charge < -0.3 is 10.6 Å². The molecule has 1 aromatic heterocycles. The lowest BCUT2D eigenvalue weighted by molar-refractivity contribution is 0.0945. The first-order valence-electron chi connectivity index (χ1n) is 8.10. The third kappa shape index (κ3) is 4.41. The van der Waals surface area contributed by atoms with Crippen LogP contribution >= 0.6 is 0 Å². The van der Waals surface area contributed by atoms with Crippen LogP contribution in [0.1, 0.15) is 27.2 Å². The zero-order chi connectivity index (χ0) is 17.6. The van der Waals surface area contributed by atoms with Crippen molar-refractivity contribution < 1.29 is 4.79 Å². The minimum absolute atomic E-state index is 0.238. The molecule has 3 rings (SSSR count). The summed E-state index contributed by atoms with van der Waals surface area (Å²) in [7, 11) is 0. The van der Waals surface area contributed by atoms with Crippen molar-refractivity contribution in [3.8, 4) is 0 Å². The van der Waals surface area contributed by atoms with Crippen molar-refractivity contribution >= 4 is 17.4 Å². The van der Waals surface area contributed by atoms with E-state index in [-0.39, 0.29) is 5.91 Å². The maximum absolute atomic E-state index is 12.2. The highest BCUT2D eigenvalue weighted by molar-refractivity contribution is 5.92. The average molecular weight is 332 g/mol. The van der Waals surface area contributed by atoms with Gasteiger partial charge in [-0.1, -0.05) is 42.0 Å². The molecule has 0 saturated heterocycles. The quantitative estimate of drug-likeness (QED) is 0.746. The molecule has 126 valence electrons. The predicted molar refractivity (Wildman–Crippen MR) is 98.8 cm³/mol. The van der Waals surface area contributed by atoms with E-state index in [1.807, 2.05) is 62.4 Å². The Morgan fingerprint density at radius 2 is 1.72 bits per heavy atom. The van der Waals surface area contributed by atoms with Gasteiger partial charge in [0.25, 0.3) is 5.91 Å². The molecule has 0 bridgehead atoms. The fourth-order valence-corrected chi connectivity index (χ4v) is 2.37. The Morgan fingerprint density at radius 3 is 2.40 bits per heavy atom. The van der Waals surface area contributed by atoms with Crippen molar-refractivity contribution in [2.45, 2.75) is 20.4 Å². The molecule has 3 aromatic rings. The second kappa shape index (κ2) is 7.57. The van der Waals surface area contributed by atoms with Crippen LogP contribution in [0.4, 0.5) is 11.5 Å². The van der Waals surface area contributed by atoms with E-state index in [2.05, 4.69) is 20.6 Å². The van der Waals surface area contributed by atoms with Crippen LogP contribution in [0, 0.1) is 13.8 Å². The average Bonchev–Trinajstić information content (AvgIpc) is 2.63. The van der Waals surface area contributed by atoms with Crippen molar-refractivity contribution in [1.82, 2.24) is 15.3 Å². The Labute approximate surface area is 147 Å². The normalized spacial score (nSPS) is 10.3. The highest BCUT2D eigenvalue weighted by Crippen LogP contribution is 2.14. The SMILES string of the molecule is Cc1ccc(Nc2cnc(C(=O)NCc3ccccc3C)cn2)cc1. The number of benzene rings is 2. The largest absolute Gasteiger partial charge is 0.347 e. The maximum atomic E-state index is 12.2. The van der Waals surface area contributed by atoms with E-state index in [4.69, 9.17) is 0 Å². The van der Waals surface area contributed by atoms with Crippen LogP contribution in [-0.2, 0) is 6.54 Å². The topological polar surface area (TPSA) is 66.9 Å². The molecule has 0 radical (unpaired) electrons. The van der Waals surface area contributed by atoms with E-state index in [0.717, 1.165) is 16.8 Å². The Hall–Kier alpha value is -3.21. The number of nitrogens with one attached hydrogen (secondary N) is 2. The van der Waals surface area contributed by atoms with Crippen molar-refractivity contribution in [1.29, 1.82) is 0 Å². The zero-order valence-electron chi connectivity index (χ0n) is 14.3. The number of hydrogen-bond acceptors (Lipinski definition) is 4. The van der Waals surface area contributed by atoms with Gasteiger partial charge in [0.1, 0.15) is 11.5 Å². The molecule has 1 heterocycles. The molecule has 25 heavy (non-hydrogen) atoms. The van der Waals surface area contributed by atoms with E-state index in [1.165, 1.54) is 11.8 Å². The molecular formula is C20H20N4O. The summed E-state index contributed by atoms with van der Waals surface area (Å²) in [6.07, 6.45) is 3.03. The zero-order valence-corrected chi connectivity index (χ0v) is 14.3. The van der Waals surface area contributed by atoms with Crippen LogP contribution in [0.5, 0.6) is 0 Å². The third-order valence-corrected chi connectivity index (χ3v) is 3.91. The van der Waals surface area contributed by atoms with E-state index in [9.17, 15) is 4.79 Å². The summed E-state index contributed by atoms with van der Waals surface area (Å²) >= 11 is 0. The van der Waals surface area contributed by atoms with Crippen LogP contribution in [-0.4, -0.2) is 15.9 Å². The standard InChI is InChI=1S/C20H20N4O/c1-14-7-9-17(10-8-14)24-19-13-21-18(12-22-19)20(25)23-11-16-6-4-3-5-15(16)2/h3-10,12-13H,11H2,1-2H3,(H,22,24)(H,23,25). The van der Waals surface area contributed by atoms with Gasteiger partial charge in [-0.25, -0.2) is 9.97 Å². The molecule has 0 fully saturated rings. The van der Waals surface area contributed by atoms with Crippen LogP contribution in [0.15, 0.2) is 60.9 Å². The minimum Gasteiger partial charge on any atom is -0.347 e. The van der Waals surface area contributed by atoms with Gasteiger partial charge in [-0.2, -0.15) is 0 Å². The fourth-order valence-electron chi connectivity index (χ4n) is 2.37. The Morgan fingerprint density at radius 1 is 0.960 bits per heavy atom. The lowest BCUT2D eigenvalue weighted by Crippen LogP contribution is -2.24. The van der Waals surface area contributed by atoms with Gasteiger partial charge in [0.15, 0.2) is 0 Å². The van der Waals surface area contributed by atoms with Crippen LogP contribution < -0.4 is 10.6 Å². The summed E-state index contributed by atoms with van der Waals surface area (Å²) in [5.74, 6) is 0.358. The first-order chi connectivity index (χ1) is 12.1. The van der Waals surface area contributed by atoms with Gasteiger partial charge in [0.2, 0.25) is 0 Å². The van der Waals surface area contributed by atoms with Gasteiger partial charge in [-0.05, 0) is 37.1 Å². The molecule has 2 aromatic carbocycles. The van der Waals surface area contributed by atoms with E-state index in [0.29, 0.717) is 18.1 Å². The highest BCUT2D eigenvalue weighted by atomic mass is 16.1.